The number of ether oxygens (including phenoxy) is 1. The Labute approximate surface area is 173 Å². The number of aromatic carboxylic acids is 1. The summed E-state index contributed by atoms with van der Waals surface area (Å²) in [5.41, 5.74) is 3.05. The molecule has 6 heteroatoms. The Balaban J connectivity index is 1.60. The molecule has 0 spiro atoms. The average Bonchev–Trinajstić information content (AvgIpc) is 2.69. The van der Waals surface area contributed by atoms with Gasteiger partial charge < -0.3 is 15.2 Å². The second kappa shape index (κ2) is 9.60. The van der Waals surface area contributed by atoms with Crippen LogP contribution in [-0.4, -0.2) is 11.1 Å². The zero-order valence-electron chi connectivity index (χ0n) is 15.0. The van der Waals surface area contributed by atoms with Gasteiger partial charge in [-0.25, -0.2) is 4.79 Å². The standard InChI is InChI=1S/C22H19Cl2NO3/c23-19-5-3-6-20(24)18(19)14-28-21-7-2-1-4-17(21)13-25-12-15-8-10-16(11-9-15)22(26)27/h1-11,25H,12-14H2,(H,26,27). The molecule has 4 nitrogen and oxygen atoms in total. The fourth-order valence-corrected chi connectivity index (χ4v) is 3.22. The molecule has 0 unspecified atom stereocenters. The van der Waals surface area contributed by atoms with E-state index in [0.717, 1.165) is 22.4 Å². The Morgan fingerprint density at radius 3 is 2.25 bits per heavy atom. The van der Waals surface area contributed by atoms with Gasteiger partial charge in [-0.3, -0.25) is 0 Å². The van der Waals surface area contributed by atoms with Crippen molar-refractivity contribution in [2.24, 2.45) is 0 Å². The van der Waals surface area contributed by atoms with Crippen LogP contribution in [0.3, 0.4) is 0 Å². The third-order valence-electron chi connectivity index (χ3n) is 4.25. The van der Waals surface area contributed by atoms with Gasteiger partial charge in [0.2, 0.25) is 0 Å². The molecule has 3 aromatic rings. The van der Waals surface area contributed by atoms with E-state index < -0.39 is 5.97 Å². The van der Waals surface area contributed by atoms with E-state index in [9.17, 15) is 4.79 Å². The largest absolute Gasteiger partial charge is 0.488 e. The van der Waals surface area contributed by atoms with Crippen molar-refractivity contribution in [1.29, 1.82) is 0 Å². The predicted molar refractivity (Wildman–Crippen MR) is 111 cm³/mol. The fourth-order valence-electron chi connectivity index (χ4n) is 2.72. The van der Waals surface area contributed by atoms with Gasteiger partial charge in [0, 0.05) is 34.3 Å². The second-order valence-electron chi connectivity index (χ2n) is 6.20. The molecule has 0 saturated heterocycles. The van der Waals surface area contributed by atoms with Crippen LogP contribution in [0.15, 0.2) is 66.7 Å². The molecule has 0 amide bonds. The molecule has 0 heterocycles. The minimum absolute atomic E-state index is 0.278. The Bertz CT molecular complexity index is 938. The molecular formula is C22H19Cl2NO3. The van der Waals surface area contributed by atoms with Crippen LogP contribution >= 0.6 is 23.2 Å². The first-order valence-electron chi connectivity index (χ1n) is 8.71. The zero-order valence-corrected chi connectivity index (χ0v) is 16.5. The number of nitrogens with one attached hydrogen (secondary N) is 1. The molecule has 3 aromatic carbocycles. The lowest BCUT2D eigenvalue weighted by atomic mass is 10.1. The number of hydrogen-bond acceptors (Lipinski definition) is 3. The molecule has 0 aliphatic rings. The number of para-hydroxylation sites is 1. The third kappa shape index (κ3) is 5.26. The SMILES string of the molecule is O=C(O)c1ccc(CNCc2ccccc2OCc2c(Cl)cccc2Cl)cc1. The van der Waals surface area contributed by atoms with Crippen LogP contribution in [0.25, 0.3) is 0 Å². The number of rotatable bonds is 8. The smallest absolute Gasteiger partial charge is 0.335 e. The van der Waals surface area contributed by atoms with Gasteiger partial charge in [0.25, 0.3) is 0 Å². The molecule has 28 heavy (non-hydrogen) atoms. The highest BCUT2D eigenvalue weighted by Gasteiger charge is 2.09. The van der Waals surface area contributed by atoms with E-state index in [0.29, 0.717) is 23.1 Å². The molecule has 0 aliphatic carbocycles. The predicted octanol–water partition coefficient (Wildman–Crippen LogP) is 5.56. The van der Waals surface area contributed by atoms with Crippen molar-refractivity contribution in [2.75, 3.05) is 0 Å². The molecule has 2 N–H and O–H groups in total. The Morgan fingerprint density at radius 1 is 0.893 bits per heavy atom. The second-order valence-corrected chi connectivity index (χ2v) is 7.02. The van der Waals surface area contributed by atoms with E-state index in [4.69, 9.17) is 33.0 Å². The quantitative estimate of drug-likeness (QED) is 0.505. The number of carboxylic acids is 1. The first kappa shape index (κ1) is 20.2. The summed E-state index contributed by atoms with van der Waals surface area (Å²) in [7, 11) is 0. The van der Waals surface area contributed by atoms with E-state index >= 15 is 0 Å². The maximum Gasteiger partial charge on any atom is 0.335 e. The normalized spacial score (nSPS) is 10.6. The lowest BCUT2D eigenvalue weighted by Gasteiger charge is -2.14. The van der Waals surface area contributed by atoms with Crippen molar-refractivity contribution in [1.82, 2.24) is 5.32 Å². The van der Waals surface area contributed by atoms with E-state index in [-0.39, 0.29) is 12.2 Å². The maximum atomic E-state index is 10.9. The number of carbonyl (C=O) groups is 1. The van der Waals surface area contributed by atoms with Gasteiger partial charge in [-0.15, -0.1) is 0 Å². The van der Waals surface area contributed by atoms with Crippen molar-refractivity contribution in [3.05, 3.63) is 99.0 Å². The lowest BCUT2D eigenvalue weighted by Crippen LogP contribution is -2.14. The molecule has 0 radical (unpaired) electrons. The van der Waals surface area contributed by atoms with E-state index in [1.807, 2.05) is 24.3 Å². The number of halogens is 2. The van der Waals surface area contributed by atoms with Crippen molar-refractivity contribution in [3.8, 4) is 5.75 Å². The summed E-state index contributed by atoms with van der Waals surface area (Å²) >= 11 is 12.4. The van der Waals surface area contributed by atoms with Gasteiger partial charge in [-0.05, 0) is 35.9 Å². The summed E-state index contributed by atoms with van der Waals surface area (Å²) in [4.78, 5) is 10.9. The van der Waals surface area contributed by atoms with Crippen molar-refractivity contribution < 1.29 is 14.6 Å². The molecule has 0 aromatic heterocycles. The van der Waals surface area contributed by atoms with E-state index in [1.54, 1.807) is 42.5 Å². The van der Waals surface area contributed by atoms with Crippen LogP contribution in [0.4, 0.5) is 0 Å². The highest BCUT2D eigenvalue weighted by atomic mass is 35.5. The molecule has 0 aliphatic heterocycles. The van der Waals surface area contributed by atoms with Crippen LogP contribution in [-0.2, 0) is 19.7 Å². The van der Waals surface area contributed by atoms with Gasteiger partial charge in [-0.2, -0.15) is 0 Å². The van der Waals surface area contributed by atoms with Gasteiger partial charge in [0.1, 0.15) is 12.4 Å². The number of carboxylic acid groups (broad SMARTS) is 1. The monoisotopic (exact) mass is 415 g/mol. The van der Waals surface area contributed by atoms with Crippen LogP contribution < -0.4 is 10.1 Å². The summed E-state index contributed by atoms with van der Waals surface area (Å²) in [5, 5.41) is 13.5. The van der Waals surface area contributed by atoms with Crippen LogP contribution in [0.5, 0.6) is 5.75 Å². The minimum atomic E-state index is -0.927. The molecule has 0 fully saturated rings. The minimum Gasteiger partial charge on any atom is -0.488 e. The highest BCUT2D eigenvalue weighted by molar-refractivity contribution is 6.35. The zero-order chi connectivity index (χ0) is 19.9. The molecule has 3 rings (SSSR count). The first-order valence-corrected chi connectivity index (χ1v) is 9.46. The lowest BCUT2D eigenvalue weighted by molar-refractivity contribution is 0.0697. The van der Waals surface area contributed by atoms with Crippen molar-refractivity contribution in [3.63, 3.8) is 0 Å². The molecule has 144 valence electrons. The maximum absolute atomic E-state index is 10.9. The highest BCUT2D eigenvalue weighted by Crippen LogP contribution is 2.27. The van der Waals surface area contributed by atoms with Crippen LogP contribution in [0.2, 0.25) is 10.0 Å². The van der Waals surface area contributed by atoms with Crippen molar-refractivity contribution in [2.45, 2.75) is 19.7 Å². The molecule has 0 atom stereocenters. The average molecular weight is 416 g/mol. The third-order valence-corrected chi connectivity index (χ3v) is 4.96. The molecule has 0 bridgehead atoms. The molecule has 0 saturated carbocycles. The van der Waals surface area contributed by atoms with Gasteiger partial charge in [-0.1, -0.05) is 59.6 Å². The summed E-state index contributed by atoms with van der Waals surface area (Å²) < 4.78 is 5.96. The van der Waals surface area contributed by atoms with Crippen molar-refractivity contribution >= 4 is 29.2 Å². The number of benzene rings is 3. The Hall–Kier alpha value is -2.53. The fraction of sp³-hybridized carbons (Fsp3) is 0.136. The van der Waals surface area contributed by atoms with Gasteiger partial charge >= 0.3 is 5.97 Å². The van der Waals surface area contributed by atoms with E-state index in [1.165, 1.54) is 0 Å². The van der Waals surface area contributed by atoms with Crippen LogP contribution in [0.1, 0.15) is 27.0 Å². The number of hydrogen-bond donors (Lipinski definition) is 2. The molecular weight excluding hydrogens is 397 g/mol. The Kier molecular flexibility index (Phi) is 6.93. The summed E-state index contributed by atoms with van der Waals surface area (Å²) in [6, 6.07) is 19.9. The first-order chi connectivity index (χ1) is 13.5. The summed E-state index contributed by atoms with van der Waals surface area (Å²) in [6.45, 7) is 1.50. The summed E-state index contributed by atoms with van der Waals surface area (Å²) in [5.74, 6) is -0.170. The Morgan fingerprint density at radius 2 is 1.57 bits per heavy atom. The topological polar surface area (TPSA) is 58.6 Å². The van der Waals surface area contributed by atoms with Gasteiger partial charge in [0.15, 0.2) is 0 Å². The summed E-state index contributed by atoms with van der Waals surface area (Å²) in [6.07, 6.45) is 0. The van der Waals surface area contributed by atoms with Gasteiger partial charge in [0.05, 0.1) is 5.56 Å². The van der Waals surface area contributed by atoms with E-state index in [2.05, 4.69) is 5.32 Å². The van der Waals surface area contributed by atoms with Crippen LogP contribution in [0, 0.1) is 0 Å².